The summed E-state index contributed by atoms with van der Waals surface area (Å²) in [5.41, 5.74) is 19.1. The predicted octanol–water partition coefficient (Wildman–Crippen LogP) is 5.59. The van der Waals surface area contributed by atoms with Crippen molar-refractivity contribution in [2.24, 2.45) is 39.0 Å². The second-order valence-electron chi connectivity index (χ2n) is 22.6. The van der Waals surface area contributed by atoms with E-state index in [-0.39, 0.29) is 108 Å². The van der Waals surface area contributed by atoms with Gasteiger partial charge in [0, 0.05) is 54.2 Å². The smallest absolute Gasteiger partial charge is 0.309 e. The highest BCUT2D eigenvalue weighted by molar-refractivity contribution is 7.90. The van der Waals surface area contributed by atoms with Crippen molar-refractivity contribution in [2.75, 3.05) is 52.5 Å². The summed E-state index contributed by atoms with van der Waals surface area (Å²) in [6, 6.07) is 22.3. The minimum absolute atomic E-state index is 0.0178. The molecule has 2 atom stereocenters. The summed E-state index contributed by atoms with van der Waals surface area (Å²) in [6.45, 7) is 14.8. The van der Waals surface area contributed by atoms with Crippen LogP contribution in [0.4, 0.5) is 0 Å². The molecule has 0 radical (unpaired) electrons. The normalized spacial score (nSPS) is 16.5. The number of amides is 2. The first-order chi connectivity index (χ1) is 42.1. The third-order valence-corrected chi connectivity index (χ3v) is 20.4. The number of nitrogens with zero attached hydrogens (tertiary/aromatic N) is 4. The van der Waals surface area contributed by atoms with E-state index in [9.17, 15) is 44.4 Å². The maximum Gasteiger partial charge on any atom is 0.309 e. The fourth-order valence-electron chi connectivity index (χ4n) is 11.1. The summed E-state index contributed by atoms with van der Waals surface area (Å²) < 4.78 is 115. The Morgan fingerprint density at radius 1 is 0.632 bits per heavy atom. The molecule has 474 valence electrons. The van der Waals surface area contributed by atoms with Crippen LogP contribution in [0.3, 0.4) is 0 Å². The Hall–Kier alpha value is -7.39. The van der Waals surface area contributed by atoms with Crippen LogP contribution < -0.4 is 36.1 Å². The van der Waals surface area contributed by atoms with E-state index in [4.69, 9.17) is 34.4 Å². The number of ether oxygens (including phenoxy) is 3. The van der Waals surface area contributed by atoms with Gasteiger partial charge in [-0.05, 0) is 162 Å². The Balaban J connectivity index is 0.000000297. The molecule has 3 heterocycles. The van der Waals surface area contributed by atoms with Crippen molar-refractivity contribution >= 4 is 87.3 Å². The van der Waals surface area contributed by atoms with Crippen LogP contribution in [0.25, 0.3) is 21.5 Å². The van der Waals surface area contributed by atoms with E-state index in [1.165, 1.54) is 12.1 Å². The molecule has 0 saturated carbocycles. The average molecular weight is 1260 g/mol. The van der Waals surface area contributed by atoms with Crippen molar-refractivity contribution in [2.45, 2.75) is 139 Å². The Labute approximate surface area is 513 Å². The lowest BCUT2D eigenvalue weighted by atomic mass is 9.94. The summed E-state index contributed by atoms with van der Waals surface area (Å²) in [5.74, 6) is -1.57. The highest BCUT2D eigenvalue weighted by Gasteiger charge is 2.38. The third-order valence-electron chi connectivity index (χ3n) is 15.8. The monoisotopic (exact) mass is 1260 g/mol. The number of piperidine rings is 2. The van der Waals surface area contributed by atoms with Gasteiger partial charge in [0.2, 0.25) is 37.8 Å². The van der Waals surface area contributed by atoms with Crippen molar-refractivity contribution in [1.29, 1.82) is 0 Å². The maximum atomic E-state index is 13.8. The number of guanidine groups is 2. The van der Waals surface area contributed by atoms with Gasteiger partial charge in [-0.3, -0.25) is 29.2 Å². The van der Waals surface area contributed by atoms with Crippen molar-refractivity contribution in [3.8, 4) is 5.75 Å². The first-order valence-corrected chi connectivity index (χ1v) is 33.7. The first kappa shape index (κ1) is 65.6. The Morgan fingerprint density at radius 2 is 1.06 bits per heavy atom. The van der Waals surface area contributed by atoms with Crippen LogP contribution in [0.1, 0.15) is 104 Å². The minimum atomic E-state index is -4.13. The number of sulfonamides is 3. The van der Waals surface area contributed by atoms with Gasteiger partial charge in [0.15, 0.2) is 5.96 Å². The molecular weight excluding hydrogens is 1180 g/mol. The van der Waals surface area contributed by atoms with Crippen molar-refractivity contribution < 1.29 is 61.6 Å². The summed E-state index contributed by atoms with van der Waals surface area (Å²) in [4.78, 5) is 63.0. The molecule has 3 aliphatic rings. The molecule has 87 heavy (non-hydrogen) atoms. The van der Waals surface area contributed by atoms with Crippen molar-refractivity contribution in [3.05, 3.63) is 107 Å². The average Bonchev–Trinajstić information content (AvgIpc) is 3.00. The van der Waals surface area contributed by atoms with E-state index in [0.29, 0.717) is 75.1 Å². The van der Waals surface area contributed by atoms with Crippen LogP contribution in [0.5, 0.6) is 5.75 Å². The van der Waals surface area contributed by atoms with Gasteiger partial charge in [0.05, 0.1) is 39.7 Å². The van der Waals surface area contributed by atoms with Gasteiger partial charge in [0.1, 0.15) is 23.4 Å². The number of likely N-dealkylation sites (tertiary alicyclic amines) is 2. The molecule has 23 nitrogen and oxygen atoms in total. The zero-order valence-electron chi connectivity index (χ0n) is 52.5. The fraction of sp³-hybridized carbons (Fsp3) is 0.475. The molecule has 0 aliphatic carbocycles. The number of benzene rings is 5. The van der Waals surface area contributed by atoms with E-state index >= 15 is 0 Å². The molecule has 0 unspecified atom stereocenters. The van der Waals surface area contributed by atoms with Crippen LogP contribution in [0.2, 0.25) is 0 Å². The molecule has 0 bridgehead atoms. The number of rotatable bonds is 22. The number of hydrogen-bond acceptors (Lipinski definition) is 15. The minimum Gasteiger partial charge on any atom is -0.487 e. The van der Waals surface area contributed by atoms with E-state index in [0.717, 1.165) is 32.7 Å². The summed E-state index contributed by atoms with van der Waals surface area (Å²) >= 11 is 0. The predicted molar refractivity (Wildman–Crippen MR) is 335 cm³/mol. The molecule has 0 aromatic heterocycles. The number of hydrogen-bond donors (Lipinski definition) is 6. The number of carbonyl (C=O) groups excluding carboxylic acids is 4. The molecule has 5 aromatic rings. The lowest BCUT2D eigenvalue weighted by molar-refractivity contribution is -0.151. The summed E-state index contributed by atoms with van der Waals surface area (Å²) in [7, 11) is -12.2. The number of fused-ring (bicyclic) bond motifs is 3. The Bertz CT molecular complexity index is 3760. The third kappa shape index (κ3) is 17.2. The molecule has 2 amide bonds. The van der Waals surface area contributed by atoms with Gasteiger partial charge >= 0.3 is 11.9 Å². The lowest BCUT2D eigenvalue weighted by Crippen LogP contribution is -2.51. The zero-order chi connectivity index (χ0) is 65.4. The van der Waals surface area contributed by atoms with E-state index < -0.39 is 53.7 Å². The summed E-state index contributed by atoms with van der Waals surface area (Å²) in [6.07, 6.45) is 3.23. The second kappa shape index (κ2) is 29.1. The molecule has 2 saturated heterocycles. The van der Waals surface area contributed by atoms with Crippen LogP contribution in [-0.4, -0.2) is 141 Å². The zero-order valence-corrected chi connectivity index (χ0v) is 52.9. The highest BCUT2D eigenvalue weighted by Crippen LogP contribution is 2.44. The van der Waals surface area contributed by atoms with Crippen LogP contribution in [0.15, 0.2) is 110 Å². The molecule has 0 spiro atoms. The Kier molecular flexibility index (Phi) is 21.9. The van der Waals surface area contributed by atoms with Gasteiger partial charge in [-0.2, -0.15) is 9.44 Å². The van der Waals surface area contributed by atoms with Crippen LogP contribution in [0, 0.1) is 32.6 Å². The van der Waals surface area contributed by atoms with E-state index in [1.54, 1.807) is 61.8 Å². The largest absolute Gasteiger partial charge is 0.487 e. The standard InChI is InChI=1S/C37H49N5O8S2.C24H33N5O5S.H2/c1-7-49-35(44)27-16-19-42(20-17-27)34(43)31(40-51(45,46)29-15-14-26-11-8-9-12-28(26)21-29)13-10-18-39-36(38)41-52(47,48)33-24(3)23(2)32-30(25(33)4)22-37(5,6)50-32;1-2-34-23(31)18-11-14-29(15-12-18)22(30)21(8-5-13-27-24(25)26)28-35(32,33)20-10-9-17-6-3-4-7-19(17)16-20;/h8-9,11-12,14-15,21,27,31,40H,7,10,13,16-20,22H2,1-6H3,(H3,38,39,41);3-4,6-7,9-10,16,18,21,28H,2,5,8,11-15H2,1H3,(H4,25,26,27);1H/t31-;21-;/m00./s1/i;;1+1D. The summed E-state index contributed by atoms with van der Waals surface area (Å²) in [5, 5.41) is 3.31. The number of nitrogens with two attached hydrogens (primary N) is 3. The van der Waals surface area contributed by atoms with Gasteiger partial charge in [-0.25, -0.2) is 30.0 Å². The molecule has 9 N–H and O–H groups in total. The quantitative estimate of drug-likeness (QED) is 0.0213. The topological polar surface area (TPSA) is 344 Å². The lowest BCUT2D eigenvalue weighted by Gasteiger charge is -2.33. The molecule has 2 fully saturated rings. The van der Waals surface area contributed by atoms with Gasteiger partial charge < -0.3 is 41.2 Å². The van der Waals surface area contributed by atoms with Crippen molar-refractivity contribution in [3.63, 3.8) is 0 Å². The number of esters is 2. The van der Waals surface area contributed by atoms with Gasteiger partial charge in [-0.15, -0.1) is 0 Å². The first-order valence-electron chi connectivity index (χ1n) is 30.3. The molecule has 26 heteroatoms. The van der Waals surface area contributed by atoms with Crippen molar-refractivity contribution in [1.82, 2.24) is 24.0 Å². The molecular formula is C61H84N10O13S3. The van der Waals surface area contributed by atoms with E-state index in [1.807, 2.05) is 69.3 Å². The van der Waals surface area contributed by atoms with Gasteiger partial charge in [0.25, 0.3) is 10.0 Å². The van der Waals surface area contributed by atoms with E-state index in [2.05, 4.69) is 24.2 Å². The maximum absolute atomic E-state index is 13.8. The highest BCUT2D eigenvalue weighted by atomic mass is 32.2. The number of carbonyl (C=O) groups is 4. The number of aliphatic imine (C=N–C) groups is 2. The molecule has 5 aromatic carbocycles. The fourth-order valence-corrected chi connectivity index (χ4v) is 15.2. The SMILES string of the molecule is CCOC(=O)C1CCN(C(=O)[C@H](CCCN=C(N)N)NS(=O)(=O)c2ccc3ccccc3c2)CC1.CCOC(=O)C1CCN(C(=O)[C@H](CCCN=C(N)NS(=O)(=O)c2c(C)c(C)c3c(c2C)CC(C)(C)O3)NS(=O)(=O)c2ccc3ccccc3c2)CC1.[2H][2H]. The molecule has 3 aliphatic heterocycles. The molecule has 8 rings (SSSR count). The Morgan fingerprint density at radius 3 is 1.48 bits per heavy atom. The second-order valence-corrected chi connectivity index (χ2v) is 27.6. The number of nitrogens with one attached hydrogen (secondary N) is 3. The van der Waals surface area contributed by atoms with Crippen LogP contribution in [-0.2, 0) is 65.1 Å². The van der Waals surface area contributed by atoms with Crippen LogP contribution >= 0.6 is 0 Å². The van der Waals surface area contributed by atoms with Gasteiger partial charge in [-0.1, -0.05) is 60.7 Å².